The van der Waals surface area contributed by atoms with Crippen molar-refractivity contribution in [1.29, 1.82) is 0 Å². The summed E-state index contributed by atoms with van der Waals surface area (Å²) in [5.74, 6) is 1.71. The molecular weight excluding hydrogens is 1220 g/mol. The number of aromatic nitrogens is 5. The molecule has 0 N–H and O–H groups in total. The largest absolute Gasteiger partial charge is 0.510 e. The first kappa shape index (κ1) is 47.3. The van der Waals surface area contributed by atoms with Crippen molar-refractivity contribution in [3.8, 4) is 78.9 Å². The summed E-state index contributed by atoms with van der Waals surface area (Å²) in [6.45, 7) is 16.1. The van der Waals surface area contributed by atoms with E-state index in [-0.39, 0.29) is 55.0 Å². The number of pyridine rings is 1. The molecule has 85 heavy (non-hydrogen) atoms. The van der Waals surface area contributed by atoms with E-state index in [1.165, 1.54) is 16.7 Å². The van der Waals surface area contributed by atoms with Crippen molar-refractivity contribution in [2.45, 2.75) is 77.6 Å². The molecule has 0 saturated heterocycles. The Bertz CT molecular complexity index is 5290. The average Bonchev–Trinajstić information content (AvgIpc) is 1.47. The number of nitrogens with zero attached hydrogens (tertiary/aromatic N) is 5. The van der Waals surface area contributed by atoms with E-state index in [1.54, 1.807) is 0 Å². The Labute approximate surface area is 517 Å². The van der Waals surface area contributed by atoms with Crippen LogP contribution in [0.25, 0.3) is 122 Å². The minimum Gasteiger partial charge on any atom is -0.510 e. The van der Waals surface area contributed by atoms with Crippen molar-refractivity contribution < 1.29 is 37.2 Å². The third-order valence-corrected chi connectivity index (χ3v) is 18.0. The minimum absolute atomic E-state index is 0. The van der Waals surface area contributed by atoms with Gasteiger partial charge in [0.25, 0.3) is 6.33 Å². The Balaban J connectivity index is 0.00000676. The predicted molar refractivity (Wildman–Crippen MR) is 344 cm³/mol. The maximum atomic E-state index is 9.48. The zero-order valence-corrected chi connectivity index (χ0v) is 50.5. The molecule has 14 aromatic rings. The van der Waals surface area contributed by atoms with Crippen LogP contribution in [0.4, 0.5) is 0 Å². The first-order valence-electron chi connectivity index (χ1n) is 31.5. The van der Waals surface area contributed by atoms with Gasteiger partial charge in [0.15, 0.2) is 0 Å². The van der Waals surface area contributed by atoms with Gasteiger partial charge in [0, 0.05) is 55.1 Å². The Morgan fingerprint density at radius 1 is 0.529 bits per heavy atom. The molecule has 0 saturated carbocycles. The first-order chi connectivity index (χ1) is 42.8. The van der Waals surface area contributed by atoms with Crippen LogP contribution >= 0.6 is 0 Å². The number of benzene rings is 10. The summed E-state index contributed by atoms with van der Waals surface area (Å²) < 4.78 is 61.2. The molecule has 0 atom stereocenters. The third-order valence-electron chi connectivity index (χ3n) is 18.0. The van der Waals surface area contributed by atoms with E-state index < -0.39 is 18.1 Å². The standard InChI is InChI=1S/C78H61N5O.Pt/c1-76(2,3)51-37-40-79-73(43-51)83-69-33-18-15-29-59(69)60-36-35-54(45-71(60)83)84-53-24-19-23-52(44-53)80-48-81-74-61(30-20-34-70(74)82-67-31-16-13-27-57(67)58-28-14-17-32-68(58)82)63-47-66-65(77(4,5)38-39-78(66,6)7)46-62(63)55-25-11-12-26-56(55)64-41-50(42-72(80)75(64)81)49-21-9-8-10-22-49;/h8-37,40-43,46-47H,38-39H2,1-7H3;/q-2;/i8D,9D,10D,21D,22D;. The first-order valence-corrected chi connectivity index (χ1v) is 29.0. The Morgan fingerprint density at radius 3 is 1.80 bits per heavy atom. The quantitative estimate of drug-likeness (QED) is 0.123. The van der Waals surface area contributed by atoms with Gasteiger partial charge in [-0.1, -0.05) is 187 Å². The van der Waals surface area contributed by atoms with Gasteiger partial charge in [-0.25, -0.2) is 4.98 Å². The average molecular weight is 1280 g/mol. The summed E-state index contributed by atoms with van der Waals surface area (Å²) in [7, 11) is 0. The molecule has 1 aliphatic carbocycles. The number of hydrogen-bond donors (Lipinski definition) is 0. The molecule has 0 bridgehead atoms. The van der Waals surface area contributed by atoms with Crippen LogP contribution in [-0.4, -0.2) is 18.7 Å². The van der Waals surface area contributed by atoms with Crippen LogP contribution in [0.1, 0.15) is 84.9 Å². The Kier molecular flexibility index (Phi) is 10.8. The molecule has 2 aliphatic rings. The van der Waals surface area contributed by atoms with E-state index in [0.29, 0.717) is 28.3 Å². The molecule has 7 heteroatoms. The predicted octanol–water partition coefficient (Wildman–Crippen LogP) is 19.3. The third kappa shape index (κ3) is 8.31. The summed E-state index contributed by atoms with van der Waals surface area (Å²) in [5, 5.41) is 4.35. The van der Waals surface area contributed by atoms with Crippen LogP contribution in [0.2, 0.25) is 0 Å². The molecule has 4 aromatic heterocycles. The van der Waals surface area contributed by atoms with E-state index >= 15 is 0 Å². The molecule has 5 heterocycles. The van der Waals surface area contributed by atoms with E-state index in [9.17, 15) is 2.74 Å². The number of fused-ring (bicyclic) bond motifs is 14. The number of imidazole rings is 1. The van der Waals surface area contributed by atoms with Crippen molar-refractivity contribution in [3.05, 3.63) is 254 Å². The van der Waals surface area contributed by atoms with Gasteiger partial charge in [-0.2, -0.15) is 18.2 Å². The van der Waals surface area contributed by atoms with E-state index in [4.69, 9.17) is 13.8 Å². The van der Waals surface area contributed by atoms with Gasteiger partial charge in [-0.15, -0.1) is 29.7 Å². The fraction of sp³-hybridized carbons (Fsp3) is 0.154. The van der Waals surface area contributed by atoms with Crippen molar-refractivity contribution >= 4 is 54.6 Å². The van der Waals surface area contributed by atoms with Crippen LogP contribution in [0.15, 0.2) is 218 Å². The maximum Gasteiger partial charge on any atom is 0.268 e. The van der Waals surface area contributed by atoms with Gasteiger partial charge in [0.1, 0.15) is 5.82 Å². The Morgan fingerprint density at radius 2 is 1.12 bits per heavy atom. The number of para-hydroxylation sites is 4. The van der Waals surface area contributed by atoms with Crippen LogP contribution in [-0.2, 0) is 37.3 Å². The van der Waals surface area contributed by atoms with E-state index in [2.05, 4.69) is 220 Å². The van der Waals surface area contributed by atoms with Crippen molar-refractivity contribution in [2.24, 2.45) is 0 Å². The smallest absolute Gasteiger partial charge is 0.268 e. The molecule has 6 nitrogen and oxygen atoms in total. The number of hydrogen-bond acceptors (Lipinski definition) is 2. The normalized spacial score (nSPS) is 14.9. The fourth-order valence-electron chi connectivity index (χ4n) is 13.6. The van der Waals surface area contributed by atoms with Crippen LogP contribution in [0, 0.1) is 18.5 Å². The van der Waals surface area contributed by atoms with E-state index in [1.807, 2.05) is 53.2 Å². The monoisotopic (exact) mass is 1280 g/mol. The molecule has 0 amide bonds. The van der Waals surface area contributed by atoms with Crippen LogP contribution < -0.4 is 9.30 Å². The molecule has 416 valence electrons. The number of rotatable bonds is 6. The van der Waals surface area contributed by atoms with Crippen molar-refractivity contribution in [1.82, 2.24) is 18.7 Å². The maximum absolute atomic E-state index is 9.48. The Hall–Kier alpha value is -9.09. The molecule has 0 radical (unpaired) electrons. The van der Waals surface area contributed by atoms with Gasteiger partial charge in [0.2, 0.25) is 0 Å². The molecule has 1 aliphatic heterocycles. The van der Waals surface area contributed by atoms with Crippen LogP contribution in [0.5, 0.6) is 11.5 Å². The van der Waals surface area contributed by atoms with E-state index in [0.717, 1.165) is 113 Å². The topological polar surface area (TPSA) is 40.8 Å². The number of ether oxygens (including phenoxy) is 1. The fourth-order valence-corrected chi connectivity index (χ4v) is 13.6. The van der Waals surface area contributed by atoms with Gasteiger partial charge in [-0.05, 0) is 150 Å². The second-order valence-corrected chi connectivity index (χ2v) is 25.1. The SMILES string of the molecule is [2H]c1c([2H])c([2H])c(-c2cc3c4c(c2)n(-c2[c-]c(Oc5[c-]c6c(cc5)c5ccccc5n6-c5cc(C(C)(C)C)ccn5)ccc2)[c-][n+]4-c2c(cccc2-n2c4ccccc4c4ccccc42)-c2cc4c(cc2-c2ccccc2-3)C(C)(C)CCC4(C)C)c([2H])c1[2H].[Pt]. The summed E-state index contributed by atoms with van der Waals surface area (Å²) in [6, 6.07) is 69.2. The summed E-state index contributed by atoms with van der Waals surface area (Å²) in [4.78, 5) is 4.91. The van der Waals surface area contributed by atoms with Gasteiger partial charge in [-0.3, -0.25) is 4.57 Å². The molecular formula is C78H61N5OPt-2. The molecule has 0 unspecified atom stereocenters. The summed E-state index contributed by atoms with van der Waals surface area (Å²) in [6.07, 6.45) is 7.93. The second kappa shape index (κ2) is 19.5. The molecule has 0 fully saturated rings. The summed E-state index contributed by atoms with van der Waals surface area (Å²) in [5.41, 5.74) is 17.7. The molecule has 10 aromatic carbocycles. The van der Waals surface area contributed by atoms with Crippen LogP contribution in [0.3, 0.4) is 0 Å². The van der Waals surface area contributed by atoms with Gasteiger partial charge >= 0.3 is 0 Å². The molecule has 0 spiro atoms. The second-order valence-electron chi connectivity index (χ2n) is 25.1. The van der Waals surface area contributed by atoms with Crippen molar-refractivity contribution in [3.63, 3.8) is 0 Å². The van der Waals surface area contributed by atoms with Gasteiger partial charge < -0.3 is 18.4 Å². The van der Waals surface area contributed by atoms with Gasteiger partial charge in [0.05, 0.1) is 40.3 Å². The minimum atomic E-state index is -0.452. The molecule has 16 rings (SSSR count). The zero-order valence-electron chi connectivity index (χ0n) is 53.3. The summed E-state index contributed by atoms with van der Waals surface area (Å²) >= 11 is 0. The van der Waals surface area contributed by atoms with Crippen molar-refractivity contribution in [2.75, 3.05) is 0 Å². The zero-order chi connectivity index (χ0) is 61.2.